The molecule has 0 heterocycles. The molecule has 1 aliphatic rings. The van der Waals surface area contributed by atoms with Crippen LogP contribution in [0.1, 0.15) is 37.2 Å². The lowest BCUT2D eigenvalue weighted by Gasteiger charge is -2.29. The summed E-state index contributed by atoms with van der Waals surface area (Å²) >= 11 is 0. The summed E-state index contributed by atoms with van der Waals surface area (Å²) in [5.41, 5.74) is 4.82. The van der Waals surface area contributed by atoms with E-state index >= 15 is 0 Å². The van der Waals surface area contributed by atoms with Gasteiger partial charge < -0.3 is 28.8 Å². The van der Waals surface area contributed by atoms with Crippen molar-refractivity contribution in [1.82, 2.24) is 0 Å². The monoisotopic (exact) mass is 640 g/mol. The predicted octanol–water partition coefficient (Wildman–Crippen LogP) is 6.35. The fraction of sp³-hybridized carbons (Fsp3) is 0.289. The van der Waals surface area contributed by atoms with E-state index in [1.165, 1.54) is 19.8 Å². The van der Waals surface area contributed by atoms with Crippen molar-refractivity contribution < 1.29 is 43.2 Å². The first-order valence-corrected chi connectivity index (χ1v) is 15.3. The Hall–Kier alpha value is -4.83. The first kappa shape index (κ1) is 35.0. The van der Waals surface area contributed by atoms with Gasteiger partial charge in [-0.2, -0.15) is 0 Å². The summed E-state index contributed by atoms with van der Waals surface area (Å²) in [7, 11) is 2.99. The topological polar surface area (TPSA) is 118 Å². The van der Waals surface area contributed by atoms with Crippen LogP contribution in [0.2, 0.25) is 0 Å². The Morgan fingerprint density at radius 3 is 1.83 bits per heavy atom. The molecule has 9 nitrogen and oxygen atoms in total. The highest BCUT2D eigenvalue weighted by molar-refractivity contribution is 5.92. The van der Waals surface area contributed by atoms with Gasteiger partial charge in [-0.1, -0.05) is 62.2 Å². The Kier molecular flexibility index (Phi) is 12.4. The molecule has 0 bridgehead atoms. The molecule has 9 heteroatoms. The zero-order chi connectivity index (χ0) is 33.9. The number of ether oxygens (including phenoxy) is 5. The van der Waals surface area contributed by atoms with Crippen LogP contribution in [0.25, 0.3) is 22.3 Å². The average molecular weight is 641 g/mol. The van der Waals surface area contributed by atoms with Crippen molar-refractivity contribution in [2.45, 2.75) is 37.7 Å². The van der Waals surface area contributed by atoms with Crippen LogP contribution in [0, 0.1) is 0 Å². The molecule has 246 valence electrons. The number of esters is 3. The normalized spacial score (nSPS) is 15.7. The van der Waals surface area contributed by atoms with Gasteiger partial charge in [0.2, 0.25) is 0 Å². The minimum Gasteiger partial charge on any atom is -0.459 e. The molecule has 47 heavy (non-hydrogen) atoms. The third-order valence-electron chi connectivity index (χ3n) is 7.92. The lowest BCUT2D eigenvalue weighted by Crippen LogP contribution is -2.25. The lowest BCUT2D eigenvalue weighted by atomic mass is 9.82. The second-order valence-electron chi connectivity index (χ2n) is 11.4. The third kappa shape index (κ3) is 9.36. The van der Waals surface area contributed by atoms with Crippen molar-refractivity contribution in [3.8, 4) is 33.8 Å². The molecular formula is C38H40O9. The van der Waals surface area contributed by atoms with E-state index in [0.29, 0.717) is 28.6 Å². The molecule has 0 unspecified atom stereocenters. The van der Waals surface area contributed by atoms with Crippen molar-refractivity contribution in [2.75, 3.05) is 34.0 Å². The molecule has 1 saturated carbocycles. The molecule has 1 N–H and O–H groups in total. The first-order valence-electron chi connectivity index (χ1n) is 15.3. The Morgan fingerprint density at radius 2 is 1.23 bits per heavy atom. The highest BCUT2D eigenvalue weighted by Gasteiger charge is 2.26. The van der Waals surface area contributed by atoms with E-state index in [2.05, 4.69) is 31.9 Å². The number of methoxy groups -OCH3 is 2. The maximum Gasteiger partial charge on any atom is 0.341 e. The van der Waals surface area contributed by atoms with Crippen LogP contribution < -0.4 is 9.47 Å². The van der Waals surface area contributed by atoms with Crippen LogP contribution in [0.4, 0.5) is 0 Å². The van der Waals surface area contributed by atoms with Gasteiger partial charge >= 0.3 is 17.9 Å². The van der Waals surface area contributed by atoms with Gasteiger partial charge in [0.1, 0.15) is 17.6 Å². The van der Waals surface area contributed by atoms with Crippen LogP contribution in [-0.2, 0) is 28.6 Å². The van der Waals surface area contributed by atoms with E-state index in [1.54, 1.807) is 18.2 Å². The summed E-state index contributed by atoms with van der Waals surface area (Å²) in [4.78, 5) is 36.9. The molecule has 1 fully saturated rings. The highest BCUT2D eigenvalue weighted by atomic mass is 16.6. The number of hydrogen-bond donors (Lipinski definition) is 1. The van der Waals surface area contributed by atoms with Gasteiger partial charge in [-0.25, -0.2) is 14.4 Å². The summed E-state index contributed by atoms with van der Waals surface area (Å²) in [5, 5.41) is 9.38. The van der Waals surface area contributed by atoms with E-state index in [9.17, 15) is 19.5 Å². The molecule has 0 radical (unpaired) electrons. The van der Waals surface area contributed by atoms with Crippen LogP contribution >= 0.6 is 0 Å². The number of benzene rings is 3. The Labute approximate surface area is 275 Å². The third-order valence-corrected chi connectivity index (χ3v) is 7.92. The summed E-state index contributed by atoms with van der Waals surface area (Å²) in [6.45, 7) is 10.7. The number of carbonyl (C=O) groups excluding carboxylic acids is 3. The second-order valence-corrected chi connectivity index (χ2v) is 11.4. The number of aliphatic hydroxyl groups excluding tert-OH is 1. The Morgan fingerprint density at radius 1 is 0.681 bits per heavy atom. The van der Waals surface area contributed by atoms with Crippen molar-refractivity contribution in [2.24, 2.45) is 0 Å². The van der Waals surface area contributed by atoms with Crippen molar-refractivity contribution in [1.29, 1.82) is 0 Å². The summed E-state index contributed by atoms with van der Waals surface area (Å²) in [5.74, 6) is -0.699. The van der Waals surface area contributed by atoms with Crippen molar-refractivity contribution in [3.63, 3.8) is 0 Å². The predicted molar refractivity (Wildman–Crippen MR) is 178 cm³/mol. The molecule has 0 saturated heterocycles. The maximum absolute atomic E-state index is 12.5. The number of hydrogen-bond acceptors (Lipinski definition) is 9. The fourth-order valence-electron chi connectivity index (χ4n) is 5.31. The van der Waals surface area contributed by atoms with E-state index in [0.717, 1.165) is 42.4 Å². The van der Waals surface area contributed by atoms with Crippen LogP contribution in [0.15, 0.2) is 103 Å². The molecule has 0 spiro atoms. The molecule has 0 aromatic heterocycles. The number of rotatable bonds is 14. The molecule has 0 atom stereocenters. The second kappa shape index (κ2) is 16.6. The molecular weight excluding hydrogens is 600 g/mol. The minimum atomic E-state index is -0.720. The molecule has 3 aromatic rings. The molecule has 3 aromatic carbocycles. The largest absolute Gasteiger partial charge is 0.459 e. The van der Waals surface area contributed by atoms with Crippen LogP contribution in [0.5, 0.6) is 11.5 Å². The first-order chi connectivity index (χ1) is 22.6. The minimum absolute atomic E-state index is 0.0574. The SMILES string of the molecule is C=C(COC)C(=O)Oc1ccc(-c2ccc(OC(=O)C(=C)CO)c(-c3ccc(C4CCC(OC(=O)C(=C)COC)CC4)cc3)c2)cc1. The van der Waals surface area contributed by atoms with E-state index in [-0.39, 0.29) is 30.5 Å². The highest BCUT2D eigenvalue weighted by Crippen LogP contribution is 2.38. The van der Waals surface area contributed by atoms with Gasteiger partial charge in [0, 0.05) is 19.8 Å². The molecule has 0 aliphatic heterocycles. The average Bonchev–Trinajstić information content (AvgIpc) is 3.09. The van der Waals surface area contributed by atoms with Gasteiger partial charge in [-0.15, -0.1) is 0 Å². The molecule has 1 aliphatic carbocycles. The molecule has 4 rings (SSSR count). The summed E-state index contributed by atoms with van der Waals surface area (Å²) in [6, 6.07) is 20.6. The number of carbonyl (C=O) groups is 3. The summed E-state index contributed by atoms with van der Waals surface area (Å²) < 4.78 is 26.5. The summed E-state index contributed by atoms with van der Waals surface area (Å²) in [6.07, 6.45) is 3.13. The van der Waals surface area contributed by atoms with Crippen molar-refractivity contribution in [3.05, 3.63) is 109 Å². The zero-order valence-corrected chi connectivity index (χ0v) is 26.8. The van der Waals surface area contributed by atoms with Gasteiger partial charge in [-0.05, 0) is 78.1 Å². The smallest absolute Gasteiger partial charge is 0.341 e. The Balaban J connectivity index is 1.52. The molecule has 0 amide bonds. The zero-order valence-electron chi connectivity index (χ0n) is 26.8. The Bertz CT molecular complexity index is 1610. The van der Waals surface area contributed by atoms with Crippen LogP contribution in [0.3, 0.4) is 0 Å². The lowest BCUT2D eigenvalue weighted by molar-refractivity contribution is -0.146. The van der Waals surface area contributed by atoms with Gasteiger partial charge in [0.15, 0.2) is 0 Å². The number of aliphatic hydroxyl groups is 1. The fourth-order valence-corrected chi connectivity index (χ4v) is 5.31. The van der Waals surface area contributed by atoms with E-state index in [4.69, 9.17) is 23.7 Å². The van der Waals surface area contributed by atoms with Gasteiger partial charge in [0.05, 0.1) is 36.5 Å². The van der Waals surface area contributed by atoms with Gasteiger partial charge in [0.25, 0.3) is 0 Å². The van der Waals surface area contributed by atoms with Crippen LogP contribution in [-0.4, -0.2) is 63.2 Å². The van der Waals surface area contributed by atoms with Gasteiger partial charge in [-0.3, -0.25) is 0 Å². The maximum atomic E-state index is 12.5. The van der Waals surface area contributed by atoms with E-state index < -0.39 is 24.5 Å². The van der Waals surface area contributed by atoms with E-state index in [1.807, 2.05) is 36.4 Å². The quantitative estimate of drug-likeness (QED) is 0.122. The standard InChI is InChI=1S/C38H40O9/c1-24(21-39)36(40)47-35-19-14-31(29-12-17-33(18-13-29)46-38(42)26(3)23-44-5)20-34(35)30-8-6-27(7-9-30)28-10-15-32(16-11-28)45-37(41)25(2)22-43-4/h6-9,12-14,17-20,28,32,39H,1-3,10-11,15-16,21-23H2,4-5H3. The van der Waals surface area contributed by atoms with Crippen molar-refractivity contribution >= 4 is 17.9 Å².